The SMILES string of the molecule is O=C(O)C1CCC(NC(=O)N2CCC=C(F)C2)CC1. The second-order valence-electron chi connectivity index (χ2n) is 5.20. The standard InChI is InChI=1S/C13H19FN2O3/c14-10-2-1-7-16(8-10)13(19)15-11-5-3-9(4-6-11)12(17)18/h2,9,11H,1,3-8H2,(H,15,19)(H,17,18). The summed E-state index contributed by atoms with van der Waals surface area (Å²) < 4.78 is 13.1. The van der Waals surface area contributed by atoms with Gasteiger partial charge in [0.15, 0.2) is 0 Å². The number of halogens is 1. The van der Waals surface area contributed by atoms with E-state index in [2.05, 4.69) is 5.32 Å². The third kappa shape index (κ3) is 3.68. The molecule has 0 aromatic rings. The van der Waals surface area contributed by atoms with Crippen molar-refractivity contribution in [1.29, 1.82) is 0 Å². The molecule has 1 saturated carbocycles. The van der Waals surface area contributed by atoms with E-state index in [-0.39, 0.29) is 30.4 Å². The fraction of sp³-hybridized carbons (Fsp3) is 0.692. The summed E-state index contributed by atoms with van der Waals surface area (Å²) in [5, 5.41) is 11.8. The molecule has 2 rings (SSSR count). The molecule has 19 heavy (non-hydrogen) atoms. The number of rotatable bonds is 2. The van der Waals surface area contributed by atoms with Gasteiger partial charge in [-0.3, -0.25) is 4.79 Å². The van der Waals surface area contributed by atoms with Crippen LogP contribution in [0.15, 0.2) is 11.9 Å². The highest BCUT2D eigenvalue weighted by molar-refractivity contribution is 5.75. The van der Waals surface area contributed by atoms with Crippen molar-refractivity contribution in [1.82, 2.24) is 10.2 Å². The Hall–Kier alpha value is -1.59. The summed E-state index contributed by atoms with van der Waals surface area (Å²) >= 11 is 0. The zero-order chi connectivity index (χ0) is 13.8. The Morgan fingerprint density at radius 3 is 2.58 bits per heavy atom. The van der Waals surface area contributed by atoms with Crippen LogP contribution in [0.5, 0.6) is 0 Å². The van der Waals surface area contributed by atoms with E-state index in [4.69, 9.17) is 5.11 Å². The van der Waals surface area contributed by atoms with Crippen molar-refractivity contribution in [3.63, 3.8) is 0 Å². The van der Waals surface area contributed by atoms with Crippen LogP contribution in [0.25, 0.3) is 0 Å². The van der Waals surface area contributed by atoms with Crippen LogP contribution in [-0.4, -0.2) is 41.1 Å². The van der Waals surface area contributed by atoms with E-state index in [0.29, 0.717) is 38.6 Å². The molecule has 106 valence electrons. The van der Waals surface area contributed by atoms with Gasteiger partial charge >= 0.3 is 12.0 Å². The van der Waals surface area contributed by atoms with Gasteiger partial charge in [0.25, 0.3) is 0 Å². The molecule has 2 amide bonds. The van der Waals surface area contributed by atoms with Gasteiger partial charge in [-0.2, -0.15) is 0 Å². The molecule has 1 aliphatic carbocycles. The number of urea groups is 1. The van der Waals surface area contributed by atoms with Crippen LogP contribution in [0.2, 0.25) is 0 Å². The predicted molar refractivity (Wildman–Crippen MR) is 67.3 cm³/mol. The molecule has 0 radical (unpaired) electrons. The van der Waals surface area contributed by atoms with Crippen LogP contribution in [0.4, 0.5) is 9.18 Å². The average Bonchev–Trinajstić information content (AvgIpc) is 2.39. The Labute approximate surface area is 111 Å². The number of amides is 2. The molecular weight excluding hydrogens is 251 g/mol. The lowest BCUT2D eigenvalue weighted by Crippen LogP contribution is -2.47. The number of hydrogen-bond donors (Lipinski definition) is 2. The van der Waals surface area contributed by atoms with Crippen LogP contribution in [-0.2, 0) is 4.79 Å². The summed E-state index contributed by atoms with van der Waals surface area (Å²) in [6.45, 7) is 0.569. The van der Waals surface area contributed by atoms with Crippen LogP contribution in [0, 0.1) is 5.92 Å². The molecule has 0 atom stereocenters. The first kappa shape index (κ1) is 13.8. The Morgan fingerprint density at radius 2 is 2.00 bits per heavy atom. The zero-order valence-corrected chi connectivity index (χ0v) is 10.8. The molecule has 0 aromatic carbocycles. The zero-order valence-electron chi connectivity index (χ0n) is 10.8. The van der Waals surface area contributed by atoms with Crippen LogP contribution >= 0.6 is 0 Å². The smallest absolute Gasteiger partial charge is 0.318 e. The van der Waals surface area contributed by atoms with Gasteiger partial charge in [0.05, 0.1) is 12.5 Å². The Balaban J connectivity index is 1.78. The minimum atomic E-state index is -0.756. The summed E-state index contributed by atoms with van der Waals surface area (Å²) in [4.78, 5) is 24.2. The summed E-state index contributed by atoms with van der Waals surface area (Å²) in [5.74, 6) is -1.31. The van der Waals surface area contributed by atoms with Crippen LogP contribution < -0.4 is 5.32 Å². The van der Waals surface area contributed by atoms with Crippen molar-refractivity contribution < 1.29 is 19.1 Å². The van der Waals surface area contributed by atoms with E-state index in [1.807, 2.05) is 0 Å². The number of hydrogen-bond acceptors (Lipinski definition) is 2. The minimum Gasteiger partial charge on any atom is -0.481 e. The van der Waals surface area contributed by atoms with Gasteiger partial charge in [-0.1, -0.05) is 0 Å². The second-order valence-corrected chi connectivity index (χ2v) is 5.20. The molecule has 1 aliphatic heterocycles. The maximum absolute atomic E-state index is 13.1. The number of carboxylic acids is 1. The predicted octanol–water partition coefficient (Wildman–Crippen LogP) is 1.90. The van der Waals surface area contributed by atoms with Gasteiger partial charge in [-0.05, 0) is 38.2 Å². The number of carbonyl (C=O) groups is 2. The lowest BCUT2D eigenvalue weighted by molar-refractivity contribution is -0.142. The summed E-state index contributed by atoms with van der Waals surface area (Å²) in [6, 6.07) is -0.237. The van der Waals surface area contributed by atoms with Gasteiger partial charge in [0, 0.05) is 12.6 Å². The van der Waals surface area contributed by atoms with E-state index >= 15 is 0 Å². The first-order valence-electron chi connectivity index (χ1n) is 6.69. The van der Waals surface area contributed by atoms with Gasteiger partial charge < -0.3 is 15.3 Å². The molecule has 0 unspecified atom stereocenters. The number of aliphatic carboxylic acids is 1. The molecular formula is C13H19FN2O3. The third-order valence-electron chi connectivity index (χ3n) is 3.80. The van der Waals surface area contributed by atoms with Crippen molar-refractivity contribution in [3.05, 3.63) is 11.9 Å². The monoisotopic (exact) mass is 270 g/mol. The minimum absolute atomic E-state index is 0.0112. The van der Waals surface area contributed by atoms with Crippen LogP contribution in [0.1, 0.15) is 32.1 Å². The lowest BCUT2D eigenvalue weighted by Gasteiger charge is -2.30. The van der Waals surface area contributed by atoms with Crippen LogP contribution in [0.3, 0.4) is 0 Å². The summed E-state index contributed by atoms with van der Waals surface area (Å²) in [5.41, 5.74) is 0. The Bertz CT molecular complexity index is 389. The van der Waals surface area contributed by atoms with Gasteiger partial charge in [-0.15, -0.1) is 0 Å². The largest absolute Gasteiger partial charge is 0.481 e. The lowest BCUT2D eigenvalue weighted by atomic mass is 9.86. The normalized spacial score (nSPS) is 27.6. The van der Waals surface area contributed by atoms with Gasteiger partial charge in [-0.25, -0.2) is 9.18 Å². The van der Waals surface area contributed by atoms with E-state index in [1.54, 1.807) is 0 Å². The Kier molecular flexibility index (Phi) is 4.39. The molecule has 2 aliphatic rings. The van der Waals surface area contributed by atoms with Crippen molar-refractivity contribution in [2.45, 2.75) is 38.1 Å². The van der Waals surface area contributed by atoms with Crippen molar-refractivity contribution in [3.8, 4) is 0 Å². The fourth-order valence-corrected chi connectivity index (χ4v) is 2.63. The molecule has 0 aromatic heterocycles. The molecule has 5 nitrogen and oxygen atoms in total. The Morgan fingerprint density at radius 1 is 1.32 bits per heavy atom. The van der Waals surface area contributed by atoms with Gasteiger partial charge in [0.2, 0.25) is 0 Å². The molecule has 0 saturated heterocycles. The second kappa shape index (κ2) is 6.04. The maximum Gasteiger partial charge on any atom is 0.318 e. The van der Waals surface area contributed by atoms with E-state index < -0.39 is 5.97 Å². The number of nitrogens with one attached hydrogen (secondary N) is 1. The fourth-order valence-electron chi connectivity index (χ4n) is 2.63. The molecule has 0 spiro atoms. The average molecular weight is 270 g/mol. The van der Waals surface area contributed by atoms with E-state index in [1.165, 1.54) is 11.0 Å². The number of carboxylic acid groups (broad SMARTS) is 1. The highest BCUT2D eigenvalue weighted by Gasteiger charge is 2.28. The van der Waals surface area contributed by atoms with Gasteiger partial charge in [0.1, 0.15) is 5.83 Å². The number of nitrogens with zero attached hydrogens (tertiary/aromatic N) is 1. The van der Waals surface area contributed by atoms with Crippen molar-refractivity contribution in [2.24, 2.45) is 5.92 Å². The number of carbonyl (C=O) groups excluding carboxylic acids is 1. The highest BCUT2D eigenvalue weighted by Crippen LogP contribution is 2.24. The third-order valence-corrected chi connectivity index (χ3v) is 3.80. The molecule has 0 bridgehead atoms. The topological polar surface area (TPSA) is 69.6 Å². The molecule has 1 fully saturated rings. The first-order chi connectivity index (χ1) is 9.06. The quantitative estimate of drug-likeness (QED) is 0.805. The van der Waals surface area contributed by atoms with E-state index in [0.717, 1.165) is 0 Å². The summed E-state index contributed by atoms with van der Waals surface area (Å²) in [7, 11) is 0. The molecule has 6 heteroatoms. The summed E-state index contributed by atoms with van der Waals surface area (Å²) in [6.07, 6.45) is 4.58. The highest BCUT2D eigenvalue weighted by atomic mass is 19.1. The van der Waals surface area contributed by atoms with E-state index in [9.17, 15) is 14.0 Å². The molecule has 1 heterocycles. The first-order valence-corrected chi connectivity index (χ1v) is 6.69. The molecule has 2 N–H and O–H groups in total. The maximum atomic E-state index is 13.1. The van der Waals surface area contributed by atoms with Crippen molar-refractivity contribution in [2.75, 3.05) is 13.1 Å². The van der Waals surface area contributed by atoms with Crippen molar-refractivity contribution >= 4 is 12.0 Å².